The van der Waals surface area contributed by atoms with Crippen LogP contribution in [0.15, 0.2) is 30.9 Å². The van der Waals surface area contributed by atoms with Gasteiger partial charge in [-0.25, -0.2) is 0 Å². The molecule has 0 unspecified atom stereocenters. The summed E-state index contributed by atoms with van der Waals surface area (Å²) in [4.78, 5) is 2.50. The van der Waals surface area contributed by atoms with Crippen molar-refractivity contribution < 1.29 is 0 Å². The smallest absolute Gasteiger partial charge is 0.0424 e. The Morgan fingerprint density at radius 3 is 2.42 bits per heavy atom. The Labute approximate surface area is 125 Å². The van der Waals surface area contributed by atoms with Crippen molar-refractivity contribution in [1.29, 1.82) is 0 Å². The molecule has 1 aliphatic heterocycles. The summed E-state index contributed by atoms with van der Waals surface area (Å²) in [5.74, 6) is 0. The van der Waals surface area contributed by atoms with E-state index in [-0.39, 0.29) is 0 Å². The van der Waals surface area contributed by atoms with Gasteiger partial charge < -0.3 is 5.32 Å². The Kier molecular flexibility index (Phi) is 5.71. The largest absolute Gasteiger partial charge is 0.314 e. The standard InChI is InChI=1S/C15H20Cl2N2/c1-2-3-4-15(19-7-5-18-6-8-19)12-9-13(16)11-14(17)10-12/h2,9-11,15,18H,1,3-8H2/t15-/m1/s1. The molecule has 2 nitrogen and oxygen atoms in total. The van der Waals surface area contributed by atoms with Crippen LogP contribution in [0, 0.1) is 0 Å². The lowest BCUT2D eigenvalue weighted by atomic mass is 9.99. The first kappa shape index (κ1) is 14.9. The summed E-state index contributed by atoms with van der Waals surface area (Å²) in [5.41, 5.74) is 1.21. The molecule has 1 aliphatic rings. The molecule has 1 aromatic rings. The van der Waals surface area contributed by atoms with Crippen LogP contribution in [0.2, 0.25) is 10.0 Å². The maximum Gasteiger partial charge on any atom is 0.0424 e. The van der Waals surface area contributed by atoms with E-state index in [4.69, 9.17) is 23.2 Å². The fraction of sp³-hybridized carbons (Fsp3) is 0.467. The lowest BCUT2D eigenvalue weighted by Crippen LogP contribution is -2.45. The summed E-state index contributed by atoms with van der Waals surface area (Å²) in [6, 6.07) is 6.22. The van der Waals surface area contributed by atoms with Crippen molar-refractivity contribution >= 4 is 23.2 Å². The van der Waals surface area contributed by atoms with Gasteiger partial charge in [-0.05, 0) is 36.6 Å². The Morgan fingerprint density at radius 1 is 1.21 bits per heavy atom. The number of rotatable bonds is 5. The molecule has 1 N–H and O–H groups in total. The average Bonchev–Trinajstić information content (AvgIpc) is 2.39. The van der Waals surface area contributed by atoms with Crippen molar-refractivity contribution in [2.24, 2.45) is 0 Å². The van der Waals surface area contributed by atoms with Gasteiger partial charge in [-0.2, -0.15) is 0 Å². The summed E-state index contributed by atoms with van der Waals surface area (Å²) in [6.45, 7) is 8.03. The van der Waals surface area contributed by atoms with E-state index >= 15 is 0 Å². The molecule has 0 amide bonds. The zero-order valence-corrected chi connectivity index (χ0v) is 12.6. The highest BCUT2D eigenvalue weighted by Gasteiger charge is 2.22. The number of nitrogens with one attached hydrogen (secondary N) is 1. The van der Waals surface area contributed by atoms with Gasteiger partial charge in [0.15, 0.2) is 0 Å². The Morgan fingerprint density at radius 2 is 1.84 bits per heavy atom. The van der Waals surface area contributed by atoms with Gasteiger partial charge in [0.1, 0.15) is 0 Å². The second-order valence-electron chi connectivity index (χ2n) is 4.87. The van der Waals surface area contributed by atoms with Gasteiger partial charge in [-0.1, -0.05) is 29.3 Å². The van der Waals surface area contributed by atoms with Crippen LogP contribution in [0.4, 0.5) is 0 Å². The molecule has 0 aromatic heterocycles. The molecule has 0 aliphatic carbocycles. The van der Waals surface area contributed by atoms with E-state index in [0.717, 1.165) is 39.0 Å². The molecule has 0 saturated carbocycles. The Balaban J connectivity index is 2.21. The SMILES string of the molecule is C=CCC[C@H](c1cc(Cl)cc(Cl)c1)N1CCNCC1. The molecule has 1 fully saturated rings. The van der Waals surface area contributed by atoms with Crippen molar-refractivity contribution in [2.45, 2.75) is 18.9 Å². The van der Waals surface area contributed by atoms with E-state index in [1.54, 1.807) is 6.07 Å². The zero-order chi connectivity index (χ0) is 13.7. The number of hydrogen-bond donors (Lipinski definition) is 1. The van der Waals surface area contributed by atoms with Crippen LogP contribution in [0.3, 0.4) is 0 Å². The molecular formula is C15H20Cl2N2. The van der Waals surface area contributed by atoms with E-state index in [1.807, 2.05) is 18.2 Å². The van der Waals surface area contributed by atoms with Crippen LogP contribution in [-0.4, -0.2) is 31.1 Å². The molecule has 0 radical (unpaired) electrons. The third kappa shape index (κ3) is 4.22. The van der Waals surface area contributed by atoms with Gasteiger partial charge in [0.2, 0.25) is 0 Å². The predicted molar refractivity (Wildman–Crippen MR) is 83.1 cm³/mol. The third-order valence-electron chi connectivity index (χ3n) is 3.51. The van der Waals surface area contributed by atoms with Crippen LogP contribution in [0.5, 0.6) is 0 Å². The highest BCUT2D eigenvalue weighted by Crippen LogP contribution is 2.30. The normalized spacial score (nSPS) is 18.2. The van der Waals surface area contributed by atoms with Gasteiger partial charge in [0.25, 0.3) is 0 Å². The molecule has 4 heteroatoms. The van der Waals surface area contributed by atoms with Gasteiger partial charge >= 0.3 is 0 Å². The lowest BCUT2D eigenvalue weighted by Gasteiger charge is -2.35. The van der Waals surface area contributed by atoms with Crippen molar-refractivity contribution in [3.8, 4) is 0 Å². The van der Waals surface area contributed by atoms with Crippen LogP contribution in [0.25, 0.3) is 0 Å². The maximum absolute atomic E-state index is 6.13. The van der Waals surface area contributed by atoms with Crippen LogP contribution in [0.1, 0.15) is 24.4 Å². The molecule has 1 saturated heterocycles. The van der Waals surface area contributed by atoms with Crippen LogP contribution < -0.4 is 5.32 Å². The first-order chi connectivity index (χ1) is 9.20. The summed E-state index contributed by atoms with van der Waals surface area (Å²) in [5, 5.41) is 4.80. The van der Waals surface area contributed by atoms with Crippen LogP contribution >= 0.6 is 23.2 Å². The second-order valence-corrected chi connectivity index (χ2v) is 5.74. The lowest BCUT2D eigenvalue weighted by molar-refractivity contribution is 0.166. The molecule has 104 valence electrons. The second kappa shape index (κ2) is 7.30. The molecule has 0 bridgehead atoms. The van der Waals surface area contributed by atoms with Gasteiger partial charge in [0, 0.05) is 42.3 Å². The Hall–Kier alpha value is -0.540. The Bertz CT molecular complexity index is 408. The minimum absolute atomic E-state index is 0.372. The van der Waals surface area contributed by atoms with Crippen molar-refractivity contribution in [3.05, 3.63) is 46.5 Å². The maximum atomic E-state index is 6.13. The molecule has 19 heavy (non-hydrogen) atoms. The number of nitrogens with zero attached hydrogens (tertiary/aromatic N) is 1. The first-order valence-corrected chi connectivity index (χ1v) is 7.48. The monoisotopic (exact) mass is 298 g/mol. The highest BCUT2D eigenvalue weighted by atomic mass is 35.5. The summed E-state index contributed by atoms with van der Waals surface area (Å²) in [7, 11) is 0. The molecule has 1 atom stereocenters. The van der Waals surface area contributed by atoms with Gasteiger partial charge in [-0.3, -0.25) is 4.90 Å². The average molecular weight is 299 g/mol. The molecule has 0 spiro atoms. The zero-order valence-electron chi connectivity index (χ0n) is 11.0. The molecule has 1 aromatic carbocycles. The summed E-state index contributed by atoms with van der Waals surface area (Å²) < 4.78 is 0. The predicted octanol–water partition coefficient (Wildman–Crippen LogP) is 3.91. The van der Waals surface area contributed by atoms with Crippen LogP contribution in [-0.2, 0) is 0 Å². The highest BCUT2D eigenvalue weighted by molar-refractivity contribution is 6.34. The summed E-state index contributed by atoms with van der Waals surface area (Å²) >= 11 is 12.3. The van der Waals surface area contributed by atoms with Gasteiger partial charge in [-0.15, -0.1) is 6.58 Å². The third-order valence-corrected chi connectivity index (χ3v) is 3.94. The quantitative estimate of drug-likeness (QED) is 0.829. The van der Waals surface area contributed by atoms with E-state index in [9.17, 15) is 0 Å². The number of halogens is 2. The van der Waals surface area contributed by atoms with Crippen molar-refractivity contribution in [1.82, 2.24) is 10.2 Å². The summed E-state index contributed by atoms with van der Waals surface area (Å²) in [6.07, 6.45) is 4.03. The molecular weight excluding hydrogens is 279 g/mol. The molecule has 1 heterocycles. The van der Waals surface area contributed by atoms with E-state index < -0.39 is 0 Å². The number of hydrogen-bond acceptors (Lipinski definition) is 2. The van der Waals surface area contributed by atoms with E-state index in [2.05, 4.69) is 16.8 Å². The fourth-order valence-corrected chi connectivity index (χ4v) is 3.14. The number of allylic oxidation sites excluding steroid dienone is 1. The minimum Gasteiger partial charge on any atom is -0.314 e. The minimum atomic E-state index is 0.372. The number of piperazine rings is 1. The van der Waals surface area contributed by atoms with Gasteiger partial charge in [0.05, 0.1) is 0 Å². The van der Waals surface area contributed by atoms with E-state index in [0.29, 0.717) is 16.1 Å². The number of benzene rings is 1. The molecule has 2 rings (SSSR count). The fourth-order valence-electron chi connectivity index (χ4n) is 2.60. The topological polar surface area (TPSA) is 15.3 Å². The first-order valence-electron chi connectivity index (χ1n) is 6.72. The van der Waals surface area contributed by atoms with Crippen molar-refractivity contribution in [2.75, 3.05) is 26.2 Å². The van der Waals surface area contributed by atoms with Crippen molar-refractivity contribution in [3.63, 3.8) is 0 Å². The van der Waals surface area contributed by atoms with E-state index in [1.165, 1.54) is 5.56 Å².